The van der Waals surface area contributed by atoms with Crippen LogP contribution in [0.3, 0.4) is 0 Å². The zero-order chi connectivity index (χ0) is 22.8. The third-order valence-corrected chi connectivity index (χ3v) is 5.11. The van der Waals surface area contributed by atoms with E-state index in [1.807, 2.05) is 0 Å². The first kappa shape index (κ1) is 23.0. The van der Waals surface area contributed by atoms with Crippen molar-refractivity contribution in [3.05, 3.63) is 52.7 Å². The van der Waals surface area contributed by atoms with Crippen molar-refractivity contribution in [2.75, 3.05) is 23.4 Å². The molecule has 0 spiro atoms. The molecule has 0 radical (unpaired) electrons. The van der Waals surface area contributed by atoms with Crippen LogP contribution in [0.15, 0.2) is 36.5 Å². The van der Waals surface area contributed by atoms with Crippen LogP contribution in [0.4, 0.5) is 37.8 Å². The normalized spacial score (nSPS) is 15.6. The van der Waals surface area contributed by atoms with Gasteiger partial charge in [-0.25, -0.2) is 4.98 Å². The van der Waals surface area contributed by atoms with Crippen LogP contribution in [0.25, 0.3) is 0 Å². The number of halogens is 7. The van der Waals surface area contributed by atoms with Crippen LogP contribution >= 0.6 is 11.6 Å². The standard InChI is InChI=1S/C19H17ClF6N4O/c20-15-9-13(19(24,25)26)10-27-16(15)30-6-4-11(5-7-30)17(31)29-28-14-3-1-2-12(8-14)18(21,22)23/h1-3,8-11,28H,4-7H2,(H,29,31). The van der Waals surface area contributed by atoms with E-state index in [-0.39, 0.29) is 16.5 Å². The Kier molecular flexibility index (Phi) is 6.54. The third-order valence-electron chi connectivity index (χ3n) is 4.83. The molecule has 2 N–H and O–H groups in total. The van der Waals surface area contributed by atoms with Crippen LogP contribution in [-0.4, -0.2) is 24.0 Å². The number of pyridine rings is 1. The van der Waals surface area contributed by atoms with E-state index >= 15 is 0 Å². The number of anilines is 2. The minimum atomic E-state index is -4.55. The van der Waals surface area contributed by atoms with Gasteiger partial charge in [-0.3, -0.25) is 15.6 Å². The van der Waals surface area contributed by atoms with Crippen molar-refractivity contribution in [2.45, 2.75) is 25.2 Å². The Morgan fingerprint density at radius 2 is 1.68 bits per heavy atom. The van der Waals surface area contributed by atoms with E-state index in [4.69, 9.17) is 11.6 Å². The van der Waals surface area contributed by atoms with Crippen molar-refractivity contribution in [3.63, 3.8) is 0 Å². The average molecular weight is 467 g/mol. The number of hydrogen-bond acceptors (Lipinski definition) is 4. The average Bonchev–Trinajstić information content (AvgIpc) is 2.71. The van der Waals surface area contributed by atoms with E-state index in [2.05, 4.69) is 15.8 Å². The lowest BCUT2D eigenvalue weighted by molar-refractivity contribution is -0.138. The Labute approximate surface area is 178 Å². The predicted molar refractivity (Wildman–Crippen MR) is 102 cm³/mol. The van der Waals surface area contributed by atoms with Gasteiger partial charge in [0.05, 0.1) is 21.8 Å². The molecule has 2 heterocycles. The molecule has 12 heteroatoms. The molecule has 1 aliphatic heterocycles. The number of piperidine rings is 1. The summed E-state index contributed by atoms with van der Waals surface area (Å²) in [6.07, 6.45) is -7.60. The lowest BCUT2D eigenvalue weighted by atomic mass is 9.96. The maximum absolute atomic E-state index is 12.8. The van der Waals surface area contributed by atoms with Crippen molar-refractivity contribution < 1.29 is 31.1 Å². The second-order valence-electron chi connectivity index (χ2n) is 6.98. The van der Waals surface area contributed by atoms with Crippen molar-refractivity contribution in [2.24, 2.45) is 5.92 Å². The van der Waals surface area contributed by atoms with Crippen LogP contribution in [-0.2, 0) is 17.1 Å². The van der Waals surface area contributed by atoms with E-state index < -0.39 is 35.3 Å². The van der Waals surface area contributed by atoms with Gasteiger partial charge in [0.2, 0.25) is 5.91 Å². The summed E-state index contributed by atoms with van der Waals surface area (Å²) in [5.41, 5.74) is 3.16. The summed E-state index contributed by atoms with van der Waals surface area (Å²) in [6, 6.07) is 5.21. The lowest BCUT2D eigenvalue weighted by Crippen LogP contribution is -2.42. The minimum Gasteiger partial charge on any atom is -0.355 e. The number of benzene rings is 1. The molecule has 0 unspecified atom stereocenters. The fourth-order valence-corrected chi connectivity index (χ4v) is 3.47. The number of carbonyl (C=O) groups is 1. The Balaban J connectivity index is 1.55. The van der Waals surface area contributed by atoms with Crippen LogP contribution in [0, 0.1) is 5.92 Å². The molecular weight excluding hydrogens is 450 g/mol. The first-order valence-electron chi connectivity index (χ1n) is 9.16. The molecule has 1 aromatic carbocycles. The molecule has 1 fully saturated rings. The summed E-state index contributed by atoms with van der Waals surface area (Å²) in [4.78, 5) is 17.8. The molecule has 2 aromatic rings. The van der Waals surface area contributed by atoms with E-state index in [0.717, 1.165) is 18.2 Å². The molecule has 1 aliphatic rings. The van der Waals surface area contributed by atoms with E-state index in [0.29, 0.717) is 32.1 Å². The first-order chi connectivity index (χ1) is 14.4. The van der Waals surface area contributed by atoms with Crippen LogP contribution < -0.4 is 15.8 Å². The van der Waals surface area contributed by atoms with E-state index in [1.54, 1.807) is 4.90 Å². The van der Waals surface area contributed by atoms with Crippen molar-refractivity contribution in [1.29, 1.82) is 0 Å². The number of aromatic nitrogens is 1. The fraction of sp³-hybridized carbons (Fsp3) is 0.368. The molecule has 5 nitrogen and oxygen atoms in total. The molecular formula is C19H17ClF6N4O. The largest absolute Gasteiger partial charge is 0.417 e. The quantitative estimate of drug-likeness (QED) is 0.484. The predicted octanol–water partition coefficient (Wildman–Crippen LogP) is 5.13. The molecule has 31 heavy (non-hydrogen) atoms. The van der Waals surface area contributed by atoms with Gasteiger partial charge in [-0.15, -0.1) is 0 Å². The van der Waals surface area contributed by atoms with Gasteiger partial charge < -0.3 is 4.90 Å². The Bertz CT molecular complexity index is 942. The molecule has 1 amide bonds. The van der Waals surface area contributed by atoms with E-state index in [9.17, 15) is 31.1 Å². The van der Waals surface area contributed by atoms with Gasteiger partial charge in [0.25, 0.3) is 0 Å². The smallest absolute Gasteiger partial charge is 0.355 e. The van der Waals surface area contributed by atoms with Gasteiger partial charge in [0.1, 0.15) is 5.82 Å². The zero-order valence-electron chi connectivity index (χ0n) is 15.8. The molecule has 0 aliphatic carbocycles. The van der Waals surface area contributed by atoms with Crippen LogP contribution in [0.2, 0.25) is 5.02 Å². The second-order valence-corrected chi connectivity index (χ2v) is 7.39. The second kappa shape index (κ2) is 8.81. The third kappa shape index (κ3) is 5.72. The monoisotopic (exact) mass is 466 g/mol. The zero-order valence-corrected chi connectivity index (χ0v) is 16.6. The molecule has 168 valence electrons. The highest BCUT2D eigenvalue weighted by Crippen LogP contribution is 2.35. The van der Waals surface area contributed by atoms with Gasteiger partial charge >= 0.3 is 12.4 Å². The number of amides is 1. The molecule has 1 aromatic heterocycles. The Morgan fingerprint density at radius 1 is 1.03 bits per heavy atom. The fourth-order valence-electron chi connectivity index (χ4n) is 3.18. The summed E-state index contributed by atoms with van der Waals surface area (Å²) in [5.74, 6) is -0.623. The lowest BCUT2D eigenvalue weighted by Gasteiger charge is -2.32. The summed E-state index contributed by atoms with van der Waals surface area (Å²) in [5, 5.41) is -0.135. The maximum Gasteiger partial charge on any atom is 0.417 e. The number of carbonyl (C=O) groups excluding carboxylic acids is 1. The minimum absolute atomic E-state index is 0.0846. The molecule has 0 saturated carbocycles. The van der Waals surface area contributed by atoms with Gasteiger partial charge in [0.15, 0.2) is 0 Å². The van der Waals surface area contributed by atoms with Crippen molar-refractivity contribution >= 4 is 29.0 Å². The SMILES string of the molecule is O=C(NNc1cccc(C(F)(F)F)c1)C1CCN(c2ncc(C(F)(F)F)cc2Cl)CC1. The Hall–Kier alpha value is -2.69. The number of rotatable bonds is 4. The molecule has 3 rings (SSSR count). The van der Waals surface area contributed by atoms with Crippen molar-refractivity contribution in [1.82, 2.24) is 10.4 Å². The van der Waals surface area contributed by atoms with Crippen LogP contribution in [0.1, 0.15) is 24.0 Å². The highest BCUT2D eigenvalue weighted by molar-refractivity contribution is 6.33. The molecule has 1 saturated heterocycles. The molecule has 0 atom stereocenters. The highest BCUT2D eigenvalue weighted by atomic mass is 35.5. The van der Waals surface area contributed by atoms with Gasteiger partial charge in [-0.05, 0) is 37.1 Å². The summed E-state index contributed by atoms with van der Waals surface area (Å²) in [6.45, 7) is 0.666. The van der Waals surface area contributed by atoms with Gasteiger partial charge in [-0.2, -0.15) is 26.3 Å². The van der Waals surface area contributed by atoms with E-state index in [1.165, 1.54) is 12.1 Å². The number of alkyl halides is 6. The number of hydrazine groups is 1. The number of hydrogen-bond donors (Lipinski definition) is 2. The maximum atomic E-state index is 12.8. The molecule has 0 bridgehead atoms. The van der Waals surface area contributed by atoms with Gasteiger partial charge in [0, 0.05) is 25.2 Å². The number of nitrogens with zero attached hydrogens (tertiary/aromatic N) is 2. The first-order valence-corrected chi connectivity index (χ1v) is 9.54. The summed E-state index contributed by atoms with van der Waals surface area (Å²) >= 11 is 5.96. The Morgan fingerprint density at radius 3 is 2.26 bits per heavy atom. The highest BCUT2D eigenvalue weighted by Gasteiger charge is 2.33. The van der Waals surface area contributed by atoms with Crippen molar-refractivity contribution in [3.8, 4) is 0 Å². The van der Waals surface area contributed by atoms with Crippen LogP contribution in [0.5, 0.6) is 0 Å². The van der Waals surface area contributed by atoms with Gasteiger partial charge in [-0.1, -0.05) is 17.7 Å². The summed E-state index contributed by atoms with van der Waals surface area (Å²) in [7, 11) is 0. The summed E-state index contributed by atoms with van der Waals surface area (Å²) < 4.78 is 76.5. The topological polar surface area (TPSA) is 57.3 Å². The number of nitrogens with one attached hydrogen (secondary N) is 2.